The van der Waals surface area contributed by atoms with Crippen molar-refractivity contribution in [2.24, 2.45) is 5.14 Å². The van der Waals surface area contributed by atoms with Gasteiger partial charge in [0, 0.05) is 18.8 Å². The lowest BCUT2D eigenvalue weighted by molar-refractivity contribution is -0.143. The van der Waals surface area contributed by atoms with Gasteiger partial charge in [0.1, 0.15) is 11.1 Å². The Hall–Kier alpha value is -3.16. The number of ether oxygens (including phenoxy) is 1. The zero-order valence-electron chi connectivity index (χ0n) is 19.4. The second kappa shape index (κ2) is 10.2. The number of alkyl halides is 2. The van der Waals surface area contributed by atoms with Crippen molar-refractivity contribution in [1.29, 1.82) is 0 Å². The third kappa shape index (κ3) is 6.10. The van der Waals surface area contributed by atoms with Crippen LogP contribution in [0.2, 0.25) is 0 Å². The van der Waals surface area contributed by atoms with Gasteiger partial charge < -0.3 is 15.0 Å². The van der Waals surface area contributed by atoms with Crippen molar-refractivity contribution < 1.29 is 31.5 Å². The van der Waals surface area contributed by atoms with E-state index in [2.05, 4.69) is 15.0 Å². The Balaban J connectivity index is 1.94. The van der Waals surface area contributed by atoms with Gasteiger partial charge >= 0.3 is 6.61 Å². The quantitative estimate of drug-likeness (QED) is 0.467. The molecule has 10 nitrogen and oxygen atoms in total. The largest absolute Gasteiger partial charge is 0.415 e. The van der Waals surface area contributed by atoms with Crippen molar-refractivity contribution in [2.75, 3.05) is 25.0 Å². The van der Waals surface area contributed by atoms with Crippen LogP contribution in [-0.2, 0) is 25.2 Å². The average molecular weight is 512 g/mol. The van der Waals surface area contributed by atoms with Gasteiger partial charge in [-0.2, -0.15) is 21.9 Å². The Morgan fingerprint density at radius 3 is 2.46 bits per heavy atom. The number of nitrogens with two attached hydrogens (primary N) is 1. The number of anilines is 1. The Labute approximate surface area is 202 Å². The Morgan fingerprint density at radius 2 is 1.86 bits per heavy atom. The van der Waals surface area contributed by atoms with Crippen LogP contribution >= 0.6 is 0 Å². The summed E-state index contributed by atoms with van der Waals surface area (Å²) < 4.78 is 54.5. The van der Waals surface area contributed by atoms with Crippen LogP contribution in [-0.4, -0.2) is 56.4 Å². The molecule has 1 aromatic heterocycles. The number of pyridine rings is 1. The molecule has 4 N–H and O–H groups in total. The molecule has 0 atom stereocenters. The van der Waals surface area contributed by atoms with Crippen LogP contribution in [0.5, 0.6) is 5.88 Å². The monoisotopic (exact) mass is 511 g/mol. The van der Waals surface area contributed by atoms with Crippen LogP contribution in [0.3, 0.4) is 0 Å². The first kappa shape index (κ1) is 26.4. The Morgan fingerprint density at radius 1 is 1.20 bits per heavy atom. The van der Waals surface area contributed by atoms with Crippen molar-refractivity contribution in [2.45, 2.75) is 38.7 Å². The number of aromatic nitrogens is 1. The fourth-order valence-electron chi connectivity index (χ4n) is 3.97. The second-order valence-electron chi connectivity index (χ2n) is 8.58. The normalized spacial score (nSPS) is 15.1. The molecule has 2 aromatic rings. The molecule has 0 spiro atoms. The number of carbonyl (C=O) groups excluding carboxylic acids is 2. The van der Waals surface area contributed by atoms with Gasteiger partial charge in [-0.15, -0.1) is 0 Å². The number of benzene rings is 1. The van der Waals surface area contributed by atoms with Crippen molar-refractivity contribution >= 4 is 27.7 Å². The summed E-state index contributed by atoms with van der Waals surface area (Å²) in [4.78, 5) is 31.4. The zero-order chi connectivity index (χ0) is 26.0. The van der Waals surface area contributed by atoms with E-state index in [0.717, 1.165) is 5.56 Å². The molecule has 190 valence electrons. The molecule has 2 amide bonds. The number of carbonyl (C=O) groups is 2. The summed E-state index contributed by atoms with van der Waals surface area (Å²) in [5.41, 5.74) is 0.713. The first-order valence-electron chi connectivity index (χ1n) is 10.7. The molecule has 0 aliphatic carbocycles. The Kier molecular flexibility index (Phi) is 7.72. The van der Waals surface area contributed by atoms with Crippen molar-refractivity contribution in [3.8, 4) is 5.88 Å². The molecule has 1 aromatic carbocycles. The van der Waals surface area contributed by atoms with Gasteiger partial charge in [0.2, 0.25) is 17.7 Å². The summed E-state index contributed by atoms with van der Waals surface area (Å²) in [7, 11) is -4.07. The van der Waals surface area contributed by atoms with E-state index in [0.29, 0.717) is 11.3 Å². The maximum Gasteiger partial charge on any atom is 0.388 e. The minimum atomic E-state index is -4.07. The minimum absolute atomic E-state index is 0.0389. The lowest BCUT2D eigenvalue weighted by atomic mass is 9.69. The molecule has 2 heterocycles. The number of halogens is 2. The molecular weight excluding hydrogens is 484 g/mol. The predicted molar refractivity (Wildman–Crippen MR) is 124 cm³/mol. The lowest BCUT2D eigenvalue weighted by Crippen LogP contribution is -2.67. The third-order valence-electron chi connectivity index (χ3n) is 5.68. The molecule has 1 fully saturated rings. The number of likely N-dealkylation sites (tertiary alicyclic amines) is 1. The van der Waals surface area contributed by atoms with E-state index in [9.17, 15) is 26.8 Å². The number of nitrogens with one attached hydrogen (secondary N) is 2. The van der Waals surface area contributed by atoms with Crippen molar-refractivity contribution in [3.05, 3.63) is 53.2 Å². The fourth-order valence-corrected chi connectivity index (χ4v) is 4.30. The minimum Gasteiger partial charge on any atom is -0.415 e. The van der Waals surface area contributed by atoms with Gasteiger partial charge in [-0.25, -0.2) is 10.1 Å². The SMILES string of the molecule is Cc1ccc(NC(=O)C2(c3ccccc3C(C)C)CN(C(=O)CNS(N)(=O)=O)C2)c(OC(F)F)n1. The molecule has 1 saturated heterocycles. The van der Waals surface area contributed by atoms with Crippen LogP contribution in [0.25, 0.3) is 0 Å². The maximum atomic E-state index is 13.6. The Bertz CT molecular complexity index is 1220. The summed E-state index contributed by atoms with van der Waals surface area (Å²) in [6.07, 6.45) is 0. The number of aryl methyl sites for hydroxylation is 1. The average Bonchev–Trinajstić information content (AvgIpc) is 2.73. The molecule has 1 aliphatic rings. The molecule has 0 unspecified atom stereocenters. The smallest absolute Gasteiger partial charge is 0.388 e. The van der Waals surface area contributed by atoms with Gasteiger partial charge in [-0.1, -0.05) is 38.1 Å². The highest BCUT2D eigenvalue weighted by Gasteiger charge is 2.53. The lowest BCUT2D eigenvalue weighted by Gasteiger charge is -2.50. The fraction of sp³-hybridized carbons (Fsp3) is 0.409. The molecule has 0 radical (unpaired) electrons. The van der Waals surface area contributed by atoms with E-state index in [-0.39, 0.29) is 24.7 Å². The van der Waals surface area contributed by atoms with E-state index in [1.807, 2.05) is 30.7 Å². The van der Waals surface area contributed by atoms with E-state index in [1.165, 1.54) is 17.0 Å². The second-order valence-corrected chi connectivity index (χ2v) is 9.96. The van der Waals surface area contributed by atoms with Crippen LogP contribution in [0.1, 0.15) is 36.6 Å². The van der Waals surface area contributed by atoms with Crippen molar-refractivity contribution in [1.82, 2.24) is 14.6 Å². The molecule has 0 bridgehead atoms. The standard InChI is InChI=1S/C22H27F2N5O5S/c1-13(2)15-6-4-5-7-16(15)22(11-29(12-22)18(30)10-26-35(25,32)33)20(31)28-17-9-8-14(3)27-19(17)34-21(23)24/h4-9,13,21,26H,10-12H2,1-3H3,(H,28,31)(H2,25,32,33). The summed E-state index contributed by atoms with van der Waals surface area (Å²) in [6.45, 7) is 1.70. The molecule has 0 saturated carbocycles. The molecule has 1 aliphatic heterocycles. The van der Waals surface area contributed by atoms with Crippen LogP contribution in [0.4, 0.5) is 14.5 Å². The third-order valence-corrected chi connectivity index (χ3v) is 6.23. The number of hydrogen-bond donors (Lipinski definition) is 3. The van der Waals surface area contributed by atoms with Crippen LogP contribution < -0.4 is 19.9 Å². The van der Waals surface area contributed by atoms with Gasteiger partial charge in [-0.05, 0) is 36.1 Å². The highest BCUT2D eigenvalue weighted by Crippen LogP contribution is 2.40. The predicted octanol–water partition coefficient (Wildman–Crippen LogP) is 1.63. The molecule has 3 rings (SSSR count). The van der Waals surface area contributed by atoms with Crippen LogP contribution in [0, 0.1) is 6.92 Å². The summed E-state index contributed by atoms with van der Waals surface area (Å²) in [6, 6.07) is 10.2. The van der Waals surface area contributed by atoms with Crippen LogP contribution in [0.15, 0.2) is 36.4 Å². The van der Waals surface area contributed by atoms with E-state index < -0.39 is 46.5 Å². The molecule has 35 heavy (non-hydrogen) atoms. The summed E-state index contributed by atoms with van der Waals surface area (Å²) >= 11 is 0. The van der Waals surface area contributed by atoms with E-state index in [1.54, 1.807) is 19.1 Å². The van der Waals surface area contributed by atoms with E-state index >= 15 is 0 Å². The highest BCUT2D eigenvalue weighted by molar-refractivity contribution is 7.87. The van der Waals surface area contributed by atoms with Crippen molar-refractivity contribution in [3.63, 3.8) is 0 Å². The molecular formula is C22H27F2N5O5S. The first-order chi connectivity index (χ1) is 16.3. The maximum absolute atomic E-state index is 13.6. The van der Waals surface area contributed by atoms with Gasteiger partial charge in [0.25, 0.3) is 10.2 Å². The van der Waals surface area contributed by atoms with E-state index in [4.69, 9.17) is 5.14 Å². The van der Waals surface area contributed by atoms with Gasteiger partial charge in [0.05, 0.1) is 6.54 Å². The van der Waals surface area contributed by atoms with Gasteiger partial charge in [-0.3, -0.25) is 9.59 Å². The number of rotatable bonds is 9. The summed E-state index contributed by atoms with van der Waals surface area (Å²) in [5, 5.41) is 7.53. The topological polar surface area (TPSA) is 144 Å². The number of amides is 2. The molecule has 13 heteroatoms. The highest BCUT2D eigenvalue weighted by atomic mass is 32.2. The zero-order valence-corrected chi connectivity index (χ0v) is 20.2. The summed E-state index contributed by atoms with van der Waals surface area (Å²) in [5.74, 6) is -1.49. The first-order valence-corrected chi connectivity index (χ1v) is 12.3. The van der Waals surface area contributed by atoms with Gasteiger partial charge in [0.15, 0.2) is 0 Å². The number of hydrogen-bond acceptors (Lipinski definition) is 6. The number of nitrogens with zero attached hydrogens (tertiary/aromatic N) is 2.